The zero-order chi connectivity index (χ0) is 11.6. The predicted octanol–water partition coefficient (Wildman–Crippen LogP) is 1.94. The summed E-state index contributed by atoms with van der Waals surface area (Å²) in [6.07, 6.45) is 0.181. The summed E-state index contributed by atoms with van der Waals surface area (Å²) in [5.74, 6) is 0.651. The molecule has 3 nitrogen and oxygen atoms in total. The van der Waals surface area contributed by atoms with Crippen molar-refractivity contribution in [1.29, 1.82) is 0 Å². The average molecular weight is 210 g/mol. The van der Waals surface area contributed by atoms with E-state index in [9.17, 15) is 10.2 Å². The topological polar surface area (TPSA) is 49.7 Å². The molecule has 1 unspecified atom stereocenters. The van der Waals surface area contributed by atoms with E-state index in [2.05, 4.69) is 0 Å². The molecule has 3 heteroatoms. The summed E-state index contributed by atoms with van der Waals surface area (Å²) in [7, 11) is 1.52. The SMILES string of the molecule is COc1cc(CC(C)O)c(C)c(C)c1O. The van der Waals surface area contributed by atoms with Crippen molar-refractivity contribution in [2.75, 3.05) is 7.11 Å². The highest BCUT2D eigenvalue weighted by molar-refractivity contribution is 5.52. The maximum atomic E-state index is 9.75. The summed E-state index contributed by atoms with van der Waals surface area (Å²) in [5.41, 5.74) is 2.83. The first kappa shape index (κ1) is 11.9. The Labute approximate surface area is 90.3 Å². The van der Waals surface area contributed by atoms with Gasteiger partial charge in [0.25, 0.3) is 0 Å². The van der Waals surface area contributed by atoms with Crippen molar-refractivity contribution in [3.05, 3.63) is 22.8 Å². The Bertz CT molecular complexity index is 356. The third kappa shape index (κ3) is 2.42. The second kappa shape index (κ2) is 4.53. The lowest BCUT2D eigenvalue weighted by Crippen LogP contribution is -2.07. The van der Waals surface area contributed by atoms with Crippen molar-refractivity contribution >= 4 is 0 Å². The van der Waals surface area contributed by atoms with Gasteiger partial charge in [0.05, 0.1) is 13.2 Å². The van der Waals surface area contributed by atoms with Gasteiger partial charge in [0.15, 0.2) is 11.5 Å². The molecule has 0 spiro atoms. The van der Waals surface area contributed by atoms with Crippen LogP contribution in [0.15, 0.2) is 6.07 Å². The van der Waals surface area contributed by atoms with Crippen LogP contribution in [-0.4, -0.2) is 23.4 Å². The third-order valence-corrected chi connectivity index (χ3v) is 2.67. The van der Waals surface area contributed by atoms with E-state index < -0.39 is 6.10 Å². The molecular weight excluding hydrogens is 192 g/mol. The first-order valence-electron chi connectivity index (χ1n) is 5.01. The number of ether oxygens (including phenoxy) is 1. The smallest absolute Gasteiger partial charge is 0.161 e. The van der Waals surface area contributed by atoms with E-state index in [0.717, 1.165) is 16.7 Å². The largest absolute Gasteiger partial charge is 0.504 e. The first-order valence-corrected chi connectivity index (χ1v) is 5.01. The van der Waals surface area contributed by atoms with Crippen molar-refractivity contribution < 1.29 is 14.9 Å². The maximum Gasteiger partial charge on any atom is 0.161 e. The molecule has 0 saturated carbocycles. The Kier molecular flexibility index (Phi) is 3.58. The minimum atomic E-state index is -0.391. The summed E-state index contributed by atoms with van der Waals surface area (Å²) < 4.78 is 5.07. The summed E-state index contributed by atoms with van der Waals surface area (Å²) in [6.45, 7) is 5.53. The van der Waals surface area contributed by atoms with Gasteiger partial charge < -0.3 is 14.9 Å². The van der Waals surface area contributed by atoms with Crippen molar-refractivity contribution in [3.8, 4) is 11.5 Å². The zero-order valence-corrected chi connectivity index (χ0v) is 9.66. The molecule has 1 aromatic rings. The lowest BCUT2D eigenvalue weighted by Gasteiger charge is -2.15. The fourth-order valence-corrected chi connectivity index (χ4v) is 1.62. The van der Waals surface area contributed by atoms with Crippen molar-refractivity contribution in [2.24, 2.45) is 0 Å². The predicted molar refractivity (Wildman–Crippen MR) is 59.5 cm³/mol. The van der Waals surface area contributed by atoms with Gasteiger partial charge in [-0.05, 0) is 49.9 Å². The molecule has 84 valence electrons. The lowest BCUT2D eigenvalue weighted by molar-refractivity contribution is 0.195. The van der Waals surface area contributed by atoms with Gasteiger partial charge in [-0.1, -0.05) is 0 Å². The molecular formula is C12H18O3. The second-order valence-electron chi connectivity index (χ2n) is 3.89. The molecule has 0 aliphatic carbocycles. The first-order chi connectivity index (χ1) is 6.97. The fraction of sp³-hybridized carbons (Fsp3) is 0.500. The Morgan fingerprint density at radius 1 is 1.33 bits per heavy atom. The van der Waals surface area contributed by atoms with Gasteiger partial charge in [0.2, 0.25) is 0 Å². The Hall–Kier alpha value is -1.22. The number of aromatic hydroxyl groups is 1. The van der Waals surface area contributed by atoms with Gasteiger partial charge >= 0.3 is 0 Å². The highest BCUT2D eigenvalue weighted by atomic mass is 16.5. The van der Waals surface area contributed by atoms with Crippen LogP contribution in [0.2, 0.25) is 0 Å². The fourth-order valence-electron chi connectivity index (χ4n) is 1.62. The van der Waals surface area contributed by atoms with Gasteiger partial charge in [0, 0.05) is 0 Å². The monoisotopic (exact) mass is 210 g/mol. The lowest BCUT2D eigenvalue weighted by atomic mass is 9.97. The van der Waals surface area contributed by atoms with Gasteiger partial charge in [-0.3, -0.25) is 0 Å². The van der Waals surface area contributed by atoms with Crippen LogP contribution >= 0.6 is 0 Å². The third-order valence-electron chi connectivity index (χ3n) is 2.67. The number of hydrogen-bond acceptors (Lipinski definition) is 3. The van der Waals surface area contributed by atoms with E-state index in [0.29, 0.717) is 12.2 Å². The highest BCUT2D eigenvalue weighted by Gasteiger charge is 2.13. The Morgan fingerprint density at radius 2 is 1.93 bits per heavy atom. The second-order valence-corrected chi connectivity index (χ2v) is 3.89. The quantitative estimate of drug-likeness (QED) is 0.801. The normalized spacial score (nSPS) is 12.6. The molecule has 0 amide bonds. The summed E-state index contributed by atoms with van der Waals surface area (Å²) >= 11 is 0. The van der Waals surface area contributed by atoms with Gasteiger partial charge in [-0.25, -0.2) is 0 Å². The number of hydrogen-bond donors (Lipinski definition) is 2. The van der Waals surface area contributed by atoms with Crippen LogP contribution in [0.4, 0.5) is 0 Å². The van der Waals surface area contributed by atoms with E-state index in [1.165, 1.54) is 7.11 Å². The number of methoxy groups -OCH3 is 1. The van der Waals surface area contributed by atoms with Crippen LogP contribution < -0.4 is 4.74 Å². The van der Waals surface area contributed by atoms with Gasteiger partial charge in [-0.15, -0.1) is 0 Å². The number of benzene rings is 1. The van der Waals surface area contributed by atoms with Crippen LogP contribution in [0.5, 0.6) is 11.5 Å². The van der Waals surface area contributed by atoms with E-state index >= 15 is 0 Å². The number of phenolic OH excluding ortho intramolecular Hbond substituents is 1. The van der Waals surface area contributed by atoms with Crippen LogP contribution in [0.25, 0.3) is 0 Å². The van der Waals surface area contributed by atoms with Gasteiger partial charge in [-0.2, -0.15) is 0 Å². The minimum Gasteiger partial charge on any atom is -0.504 e. The van der Waals surface area contributed by atoms with E-state index in [4.69, 9.17) is 4.74 Å². The number of rotatable bonds is 3. The Balaban J connectivity index is 3.22. The molecule has 2 N–H and O–H groups in total. The van der Waals surface area contributed by atoms with Crippen LogP contribution in [0.3, 0.4) is 0 Å². The van der Waals surface area contributed by atoms with Crippen LogP contribution in [0, 0.1) is 13.8 Å². The molecule has 1 aromatic carbocycles. The molecule has 0 fully saturated rings. The molecule has 0 aromatic heterocycles. The number of phenols is 1. The highest BCUT2D eigenvalue weighted by Crippen LogP contribution is 2.34. The zero-order valence-electron chi connectivity index (χ0n) is 9.66. The van der Waals surface area contributed by atoms with Crippen molar-refractivity contribution in [3.63, 3.8) is 0 Å². The Morgan fingerprint density at radius 3 is 2.40 bits per heavy atom. The molecule has 0 radical (unpaired) electrons. The molecule has 0 bridgehead atoms. The van der Waals surface area contributed by atoms with Gasteiger partial charge in [0.1, 0.15) is 0 Å². The molecule has 0 aliphatic rings. The summed E-state index contributed by atoms with van der Waals surface area (Å²) in [6, 6.07) is 1.78. The molecule has 15 heavy (non-hydrogen) atoms. The van der Waals surface area contributed by atoms with E-state index in [1.807, 2.05) is 13.8 Å². The van der Waals surface area contributed by atoms with Crippen LogP contribution in [0.1, 0.15) is 23.6 Å². The molecule has 1 atom stereocenters. The summed E-state index contributed by atoms with van der Waals surface area (Å²) in [4.78, 5) is 0. The minimum absolute atomic E-state index is 0.185. The average Bonchev–Trinajstić information content (AvgIpc) is 2.18. The van der Waals surface area contributed by atoms with E-state index in [1.54, 1.807) is 13.0 Å². The molecule has 0 aliphatic heterocycles. The molecule has 0 heterocycles. The number of aliphatic hydroxyl groups excluding tert-OH is 1. The van der Waals surface area contributed by atoms with Crippen molar-refractivity contribution in [2.45, 2.75) is 33.3 Å². The van der Waals surface area contributed by atoms with Crippen molar-refractivity contribution in [1.82, 2.24) is 0 Å². The summed E-state index contributed by atoms with van der Waals surface area (Å²) in [5, 5.41) is 19.1. The maximum absolute atomic E-state index is 9.75. The number of aliphatic hydroxyl groups is 1. The van der Waals surface area contributed by atoms with Crippen LogP contribution in [-0.2, 0) is 6.42 Å². The standard InChI is InChI=1S/C12H18O3/c1-7(13)5-10-6-11(15-4)12(14)9(3)8(10)2/h6-7,13-14H,5H2,1-4H3. The van der Waals surface area contributed by atoms with E-state index in [-0.39, 0.29) is 5.75 Å². The molecule has 0 saturated heterocycles. The molecule has 1 rings (SSSR count).